The van der Waals surface area contributed by atoms with E-state index in [0.717, 1.165) is 10.3 Å². The van der Waals surface area contributed by atoms with Crippen LogP contribution in [-0.2, 0) is 4.79 Å². The Bertz CT molecular complexity index is 371. The van der Waals surface area contributed by atoms with E-state index in [2.05, 4.69) is 26.2 Å². The Morgan fingerprint density at radius 1 is 1.56 bits per heavy atom. The molecule has 0 bridgehead atoms. The first kappa shape index (κ1) is 12.9. The standard InChI is InChI=1S/C12H15BrN2O/c1-9(2)7-11(16)5-6-14-12-4-3-10(13)8-15-12/h3-6,8-9H,7H2,1-2H3,(H,14,15)/b6-5+. The van der Waals surface area contributed by atoms with Crippen molar-refractivity contribution in [2.24, 2.45) is 5.92 Å². The van der Waals surface area contributed by atoms with E-state index in [1.807, 2.05) is 26.0 Å². The second-order valence-electron chi connectivity index (χ2n) is 3.90. The Labute approximate surface area is 104 Å². The molecule has 3 nitrogen and oxygen atoms in total. The van der Waals surface area contributed by atoms with Crippen molar-refractivity contribution in [3.63, 3.8) is 0 Å². The number of carbonyl (C=O) groups is 1. The quantitative estimate of drug-likeness (QED) is 0.842. The number of hydrogen-bond donors (Lipinski definition) is 1. The van der Waals surface area contributed by atoms with E-state index in [-0.39, 0.29) is 5.78 Å². The molecule has 0 atom stereocenters. The van der Waals surface area contributed by atoms with Gasteiger partial charge in [0.1, 0.15) is 5.82 Å². The van der Waals surface area contributed by atoms with Gasteiger partial charge in [-0.2, -0.15) is 0 Å². The van der Waals surface area contributed by atoms with Gasteiger partial charge < -0.3 is 5.32 Å². The van der Waals surface area contributed by atoms with Gasteiger partial charge in [-0.3, -0.25) is 4.79 Å². The van der Waals surface area contributed by atoms with Crippen molar-refractivity contribution in [2.75, 3.05) is 5.32 Å². The molecule has 1 heterocycles. The summed E-state index contributed by atoms with van der Waals surface area (Å²) in [5.41, 5.74) is 0. The van der Waals surface area contributed by atoms with Crippen molar-refractivity contribution >= 4 is 27.5 Å². The third kappa shape index (κ3) is 5.07. The third-order valence-corrected chi connectivity index (χ3v) is 2.31. The molecular weight excluding hydrogens is 268 g/mol. The van der Waals surface area contributed by atoms with Crippen LogP contribution in [0.25, 0.3) is 0 Å². The van der Waals surface area contributed by atoms with Gasteiger partial charge in [0, 0.05) is 23.3 Å². The van der Waals surface area contributed by atoms with E-state index >= 15 is 0 Å². The Morgan fingerprint density at radius 2 is 2.31 bits per heavy atom. The summed E-state index contributed by atoms with van der Waals surface area (Å²) < 4.78 is 0.929. The van der Waals surface area contributed by atoms with Crippen LogP contribution in [0, 0.1) is 5.92 Å². The fraction of sp³-hybridized carbons (Fsp3) is 0.333. The molecule has 1 rings (SSSR count). The lowest BCUT2D eigenvalue weighted by atomic mass is 10.1. The molecule has 0 saturated heterocycles. The zero-order valence-electron chi connectivity index (χ0n) is 9.40. The predicted octanol–water partition coefficient (Wildman–Crippen LogP) is 3.38. The maximum Gasteiger partial charge on any atom is 0.157 e. The molecule has 0 unspecified atom stereocenters. The molecule has 0 radical (unpaired) electrons. The number of anilines is 1. The van der Waals surface area contributed by atoms with Crippen LogP contribution < -0.4 is 5.32 Å². The Balaban J connectivity index is 2.42. The molecule has 1 aromatic rings. The van der Waals surface area contributed by atoms with Crippen LogP contribution >= 0.6 is 15.9 Å². The van der Waals surface area contributed by atoms with Crippen molar-refractivity contribution in [3.8, 4) is 0 Å². The van der Waals surface area contributed by atoms with Crippen molar-refractivity contribution < 1.29 is 4.79 Å². The van der Waals surface area contributed by atoms with E-state index in [1.54, 1.807) is 18.5 Å². The molecule has 0 aromatic carbocycles. The van der Waals surface area contributed by atoms with Crippen LogP contribution in [0.2, 0.25) is 0 Å². The zero-order valence-corrected chi connectivity index (χ0v) is 11.0. The van der Waals surface area contributed by atoms with Gasteiger partial charge in [-0.05, 0) is 40.1 Å². The minimum absolute atomic E-state index is 0.125. The van der Waals surface area contributed by atoms with E-state index in [1.165, 1.54) is 0 Å². The molecule has 0 fully saturated rings. The van der Waals surface area contributed by atoms with Crippen molar-refractivity contribution in [1.29, 1.82) is 0 Å². The molecule has 4 heteroatoms. The number of hydrogen-bond acceptors (Lipinski definition) is 3. The van der Waals surface area contributed by atoms with E-state index < -0.39 is 0 Å². The minimum atomic E-state index is 0.125. The topological polar surface area (TPSA) is 42.0 Å². The monoisotopic (exact) mass is 282 g/mol. The molecule has 1 N–H and O–H groups in total. The summed E-state index contributed by atoms with van der Waals surface area (Å²) in [5.74, 6) is 1.24. The maximum atomic E-state index is 11.3. The van der Waals surface area contributed by atoms with E-state index in [9.17, 15) is 4.79 Å². The highest BCUT2D eigenvalue weighted by atomic mass is 79.9. The summed E-state index contributed by atoms with van der Waals surface area (Å²) in [6.45, 7) is 4.05. The van der Waals surface area contributed by atoms with Gasteiger partial charge in [0.2, 0.25) is 0 Å². The van der Waals surface area contributed by atoms with Gasteiger partial charge in [-0.15, -0.1) is 0 Å². The number of nitrogens with zero attached hydrogens (tertiary/aromatic N) is 1. The van der Waals surface area contributed by atoms with Crippen molar-refractivity contribution in [2.45, 2.75) is 20.3 Å². The van der Waals surface area contributed by atoms with Gasteiger partial charge >= 0.3 is 0 Å². The second kappa shape index (κ2) is 6.43. The van der Waals surface area contributed by atoms with Crippen LogP contribution in [-0.4, -0.2) is 10.8 Å². The molecule has 0 aliphatic heterocycles. The average Bonchev–Trinajstić information content (AvgIpc) is 2.20. The highest BCUT2D eigenvalue weighted by Gasteiger charge is 1.99. The summed E-state index contributed by atoms with van der Waals surface area (Å²) in [7, 11) is 0. The van der Waals surface area contributed by atoms with Gasteiger partial charge in [-0.25, -0.2) is 4.98 Å². The minimum Gasteiger partial charge on any atom is -0.347 e. The number of aromatic nitrogens is 1. The third-order valence-electron chi connectivity index (χ3n) is 1.84. The lowest BCUT2D eigenvalue weighted by Crippen LogP contribution is -2.00. The van der Waals surface area contributed by atoms with Crippen molar-refractivity contribution in [1.82, 2.24) is 4.98 Å². The first-order valence-electron chi connectivity index (χ1n) is 5.15. The summed E-state index contributed by atoms with van der Waals surface area (Å²) in [5, 5.41) is 2.94. The number of pyridine rings is 1. The molecule has 86 valence electrons. The van der Waals surface area contributed by atoms with Gasteiger partial charge in [0.25, 0.3) is 0 Å². The Hall–Kier alpha value is -1.16. The number of halogens is 1. The highest BCUT2D eigenvalue weighted by Crippen LogP contribution is 2.10. The number of ketones is 1. The summed E-state index contributed by atoms with van der Waals surface area (Å²) in [4.78, 5) is 15.5. The van der Waals surface area contributed by atoms with Gasteiger partial charge in [0.15, 0.2) is 5.78 Å². The maximum absolute atomic E-state index is 11.3. The van der Waals surface area contributed by atoms with Crippen LogP contribution in [0.1, 0.15) is 20.3 Å². The second-order valence-corrected chi connectivity index (χ2v) is 4.82. The molecule has 0 amide bonds. The number of carbonyl (C=O) groups excluding carboxylic acids is 1. The van der Waals surface area contributed by atoms with Crippen LogP contribution in [0.4, 0.5) is 5.82 Å². The number of nitrogens with one attached hydrogen (secondary N) is 1. The SMILES string of the molecule is CC(C)CC(=O)/C=C/Nc1ccc(Br)cn1. The van der Waals surface area contributed by atoms with Crippen LogP contribution in [0.15, 0.2) is 35.1 Å². The summed E-state index contributed by atoms with van der Waals surface area (Å²) in [6.07, 6.45) is 5.45. The number of rotatable bonds is 5. The molecule has 1 aromatic heterocycles. The van der Waals surface area contributed by atoms with Gasteiger partial charge in [-0.1, -0.05) is 13.8 Å². The van der Waals surface area contributed by atoms with Crippen LogP contribution in [0.5, 0.6) is 0 Å². The highest BCUT2D eigenvalue weighted by molar-refractivity contribution is 9.10. The molecule has 0 spiro atoms. The van der Waals surface area contributed by atoms with E-state index in [4.69, 9.17) is 0 Å². The first-order valence-corrected chi connectivity index (χ1v) is 5.94. The zero-order chi connectivity index (χ0) is 12.0. The van der Waals surface area contributed by atoms with Gasteiger partial charge in [0.05, 0.1) is 0 Å². The molecular formula is C12H15BrN2O. The summed E-state index contributed by atoms with van der Waals surface area (Å²) in [6, 6.07) is 3.72. The lowest BCUT2D eigenvalue weighted by Gasteiger charge is -2.00. The summed E-state index contributed by atoms with van der Waals surface area (Å²) >= 11 is 3.30. The number of allylic oxidation sites excluding steroid dienone is 1. The first-order chi connectivity index (χ1) is 7.58. The molecule has 16 heavy (non-hydrogen) atoms. The smallest absolute Gasteiger partial charge is 0.157 e. The molecule has 0 saturated carbocycles. The normalized spacial score (nSPS) is 11.0. The average molecular weight is 283 g/mol. The fourth-order valence-corrected chi connectivity index (χ4v) is 1.39. The van der Waals surface area contributed by atoms with E-state index in [0.29, 0.717) is 12.3 Å². The lowest BCUT2D eigenvalue weighted by molar-refractivity contribution is -0.115. The Morgan fingerprint density at radius 3 is 2.88 bits per heavy atom. The Kier molecular flexibility index (Phi) is 5.19. The van der Waals surface area contributed by atoms with Crippen molar-refractivity contribution in [3.05, 3.63) is 35.1 Å². The predicted molar refractivity (Wildman–Crippen MR) is 69.2 cm³/mol. The molecule has 0 aliphatic rings. The largest absolute Gasteiger partial charge is 0.347 e. The molecule has 0 aliphatic carbocycles. The fourth-order valence-electron chi connectivity index (χ4n) is 1.15. The van der Waals surface area contributed by atoms with Crippen LogP contribution in [0.3, 0.4) is 0 Å².